The van der Waals surface area contributed by atoms with Crippen LogP contribution in [0.25, 0.3) is 11.3 Å². The van der Waals surface area contributed by atoms with E-state index < -0.39 is 5.92 Å². The fourth-order valence-electron chi connectivity index (χ4n) is 3.83. The second-order valence-electron chi connectivity index (χ2n) is 7.56. The van der Waals surface area contributed by atoms with Crippen LogP contribution in [-0.2, 0) is 9.59 Å². The summed E-state index contributed by atoms with van der Waals surface area (Å²) in [5.74, 6) is 0.624. The second-order valence-corrected chi connectivity index (χ2v) is 8.62. The van der Waals surface area contributed by atoms with Crippen LogP contribution in [0.1, 0.15) is 11.4 Å². The number of aryl methyl sites for hydroxylation is 1. The molecular weight excluding hydrogens is 414 g/mol. The number of hydrogen-bond acceptors (Lipinski definition) is 6. The molecule has 158 valence electrons. The molecule has 1 fully saturated rings. The van der Waals surface area contributed by atoms with Crippen molar-refractivity contribution in [3.63, 3.8) is 0 Å². The highest BCUT2D eigenvalue weighted by molar-refractivity contribution is 7.09. The van der Waals surface area contributed by atoms with Crippen LogP contribution in [0.15, 0.2) is 47.8 Å². The minimum absolute atomic E-state index is 0.0801. The van der Waals surface area contributed by atoms with Gasteiger partial charge in [0, 0.05) is 41.4 Å². The summed E-state index contributed by atoms with van der Waals surface area (Å²) < 4.78 is 11.2. The normalized spacial score (nSPS) is 17.6. The number of fused-ring (bicyclic) bond motifs is 1. The fourth-order valence-corrected chi connectivity index (χ4v) is 4.45. The lowest BCUT2D eigenvalue weighted by Gasteiger charge is -2.22. The molecule has 0 spiro atoms. The lowest BCUT2D eigenvalue weighted by molar-refractivity contribution is -0.122. The van der Waals surface area contributed by atoms with Crippen molar-refractivity contribution in [1.82, 2.24) is 4.98 Å². The van der Waals surface area contributed by atoms with E-state index in [0.717, 1.165) is 16.3 Å². The zero-order valence-electron chi connectivity index (χ0n) is 17.0. The van der Waals surface area contributed by atoms with Gasteiger partial charge in [0.2, 0.25) is 11.8 Å². The summed E-state index contributed by atoms with van der Waals surface area (Å²) >= 11 is 1.59. The minimum Gasteiger partial charge on any atom is -0.486 e. The lowest BCUT2D eigenvalue weighted by atomic mass is 10.1. The van der Waals surface area contributed by atoms with Crippen molar-refractivity contribution in [1.29, 1.82) is 0 Å². The predicted octanol–water partition coefficient (Wildman–Crippen LogP) is 3.88. The Bertz CT molecular complexity index is 1160. The third-order valence-electron chi connectivity index (χ3n) is 5.38. The molecule has 5 rings (SSSR count). The molecule has 0 unspecified atom stereocenters. The van der Waals surface area contributed by atoms with Crippen molar-refractivity contribution < 1.29 is 19.1 Å². The van der Waals surface area contributed by atoms with E-state index in [1.54, 1.807) is 28.4 Å². The Balaban J connectivity index is 1.28. The average Bonchev–Trinajstić information content (AvgIpc) is 3.39. The summed E-state index contributed by atoms with van der Waals surface area (Å²) in [7, 11) is 0. The van der Waals surface area contributed by atoms with Gasteiger partial charge in [0.05, 0.1) is 16.6 Å². The number of nitrogens with one attached hydrogen (secondary N) is 1. The highest BCUT2D eigenvalue weighted by atomic mass is 32.1. The van der Waals surface area contributed by atoms with Gasteiger partial charge in [-0.3, -0.25) is 9.59 Å². The maximum atomic E-state index is 12.9. The SMILES string of the molecule is Cc1nc(-c2cccc(NC(=O)[C@@H]3CC(=O)N(c4ccc5c(c4)OCCO5)C3)c2)cs1. The van der Waals surface area contributed by atoms with Gasteiger partial charge in [-0.15, -0.1) is 11.3 Å². The number of ether oxygens (including phenoxy) is 2. The molecule has 3 aromatic rings. The molecule has 0 aliphatic carbocycles. The topological polar surface area (TPSA) is 80.8 Å². The summed E-state index contributed by atoms with van der Waals surface area (Å²) in [6.07, 6.45) is 0.172. The fraction of sp³-hybridized carbons (Fsp3) is 0.261. The summed E-state index contributed by atoms with van der Waals surface area (Å²) in [5.41, 5.74) is 3.24. The molecule has 2 aliphatic rings. The number of carbonyl (C=O) groups excluding carboxylic acids is 2. The number of rotatable bonds is 4. The lowest BCUT2D eigenvalue weighted by Crippen LogP contribution is -2.28. The Hall–Kier alpha value is -3.39. The van der Waals surface area contributed by atoms with Crippen molar-refractivity contribution in [3.05, 3.63) is 52.9 Å². The molecule has 2 aliphatic heterocycles. The van der Waals surface area contributed by atoms with E-state index in [4.69, 9.17) is 9.47 Å². The van der Waals surface area contributed by atoms with Gasteiger partial charge in [0.25, 0.3) is 0 Å². The molecule has 1 atom stereocenters. The van der Waals surface area contributed by atoms with E-state index in [0.29, 0.717) is 42.6 Å². The van der Waals surface area contributed by atoms with Crippen LogP contribution in [0.4, 0.5) is 11.4 Å². The zero-order valence-corrected chi connectivity index (χ0v) is 17.8. The van der Waals surface area contributed by atoms with Gasteiger partial charge in [-0.05, 0) is 31.2 Å². The molecule has 1 aromatic heterocycles. The Kier molecular flexibility index (Phi) is 5.07. The van der Waals surface area contributed by atoms with Crippen LogP contribution in [0.5, 0.6) is 11.5 Å². The molecule has 0 radical (unpaired) electrons. The van der Waals surface area contributed by atoms with Gasteiger partial charge in [0.15, 0.2) is 11.5 Å². The minimum atomic E-state index is -0.425. The number of amides is 2. The van der Waals surface area contributed by atoms with Crippen LogP contribution >= 0.6 is 11.3 Å². The van der Waals surface area contributed by atoms with Crippen LogP contribution in [0.3, 0.4) is 0 Å². The molecule has 2 aromatic carbocycles. The van der Waals surface area contributed by atoms with Gasteiger partial charge in [0.1, 0.15) is 13.2 Å². The van der Waals surface area contributed by atoms with E-state index >= 15 is 0 Å². The number of thiazole rings is 1. The summed E-state index contributed by atoms with van der Waals surface area (Å²) in [4.78, 5) is 31.6. The van der Waals surface area contributed by atoms with Crippen molar-refractivity contribution in [2.24, 2.45) is 5.92 Å². The highest BCUT2D eigenvalue weighted by Gasteiger charge is 2.35. The van der Waals surface area contributed by atoms with Crippen LogP contribution in [0.2, 0.25) is 0 Å². The van der Waals surface area contributed by atoms with Crippen molar-refractivity contribution in [3.8, 4) is 22.8 Å². The summed E-state index contributed by atoms with van der Waals surface area (Å²) in [6, 6.07) is 13.0. The zero-order chi connectivity index (χ0) is 21.4. The quantitative estimate of drug-likeness (QED) is 0.673. The van der Waals surface area contributed by atoms with E-state index in [2.05, 4.69) is 10.3 Å². The Morgan fingerprint density at radius 2 is 2.00 bits per heavy atom. The highest BCUT2D eigenvalue weighted by Crippen LogP contribution is 2.36. The summed E-state index contributed by atoms with van der Waals surface area (Å²) in [5, 5.41) is 5.95. The van der Waals surface area contributed by atoms with Crippen molar-refractivity contribution in [2.75, 3.05) is 30.0 Å². The summed E-state index contributed by atoms with van der Waals surface area (Å²) in [6.45, 7) is 3.29. The van der Waals surface area contributed by atoms with Gasteiger partial charge in [-0.1, -0.05) is 12.1 Å². The Morgan fingerprint density at radius 3 is 2.81 bits per heavy atom. The molecule has 0 bridgehead atoms. The van der Waals surface area contributed by atoms with Gasteiger partial charge in [-0.25, -0.2) is 4.98 Å². The van der Waals surface area contributed by atoms with Crippen LogP contribution < -0.4 is 19.7 Å². The van der Waals surface area contributed by atoms with Gasteiger partial charge >= 0.3 is 0 Å². The largest absolute Gasteiger partial charge is 0.486 e. The van der Waals surface area contributed by atoms with Crippen molar-refractivity contribution >= 4 is 34.5 Å². The Morgan fingerprint density at radius 1 is 1.16 bits per heavy atom. The first-order valence-electron chi connectivity index (χ1n) is 10.1. The maximum Gasteiger partial charge on any atom is 0.229 e. The molecular formula is C23H21N3O4S. The number of aromatic nitrogens is 1. The second kappa shape index (κ2) is 8.03. The molecule has 3 heterocycles. The van der Waals surface area contributed by atoms with E-state index in [1.807, 2.05) is 42.6 Å². The number of nitrogens with zero attached hydrogens (tertiary/aromatic N) is 2. The monoisotopic (exact) mass is 435 g/mol. The molecule has 0 saturated carbocycles. The third kappa shape index (κ3) is 3.98. The van der Waals surface area contributed by atoms with Gasteiger partial charge in [-0.2, -0.15) is 0 Å². The first-order valence-corrected chi connectivity index (χ1v) is 11.0. The predicted molar refractivity (Wildman–Crippen MR) is 119 cm³/mol. The molecule has 7 nitrogen and oxygen atoms in total. The number of hydrogen-bond donors (Lipinski definition) is 1. The van der Waals surface area contributed by atoms with E-state index in [1.165, 1.54) is 0 Å². The first kappa shape index (κ1) is 19.6. The van der Waals surface area contributed by atoms with E-state index in [9.17, 15) is 9.59 Å². The molecule has 8 heteroatoms. The molecule has 31 heavy (non-hydrogen) atoms. The average molecular weight is 436 g/mol. The number of carbonyl (C=O) groups is 2. The van der Waals surface area contributed by atoms with Crippen LogP contribution in [-0.4, -0.2) is 36.6 Å². The standard InChI is InChI=1S/C23H21N3O4S/c1-14-24-19(13-31-14)15-3-2-4-17(9-15)25-23(28)16-10-22(27)26(12-16)18-5-6-20-21(11-18)30-8-7-29-20/h2-6,9,11,13,16H,7-8,10,12H2,1H3,(H,25,28)/t16-/m1/s1. The van der Waals surface area contributed by atoms with Gasteiger partial charge < -0.3 is 19.7 Å². The Labute approximate surface area is 183 Å². The smallest absolute Gasteiger partial charge is 0.229 e. The molecule has 1 saturated heterocycles. The van der Waals surface area contributed by atoms with E-state index in [-0.39, 0.29) is 18.2 Å². The number of benzene rings is 2. The van der Waals surface area contributed by atoms with Crippen molar-refractivity contribution in [2.45, 2.75) is 13.3 Å². The first-order chi connectivity index (χ1) is 15.1. The maximum absolute atomic E-state index is 12.9. The van der Waals surface area contributed by atoms with Crippen LogP contribution in [0, 0.1) is 12.8 Å². The molecule has 2 amide bonds. The third-order valence-corrected chi connectivity index (χ3v) is 6.15. The molecule has 1 N–H and O–H groups in total. The number of anilines is 2.